The monoisotopic (exact) mass is 399 g/mol. The van der Waals surface area contributed by atoms with E-state index in [-0.39, 0.29) is 5.75 Å². The Bertz CT molecular complexity index is 591. The van der Waals surface area contributed by atoms with Gasteiger partial charge in [-0.05, 0) is 57.4 Å². The first-order chi connectivity index (χ1) is 13.0. The number of aliphatic carboxylic acids is 1. The Morgan fingerprint density at radius 3 is 2.30 bits per heavy atom. The highest BCUT2D eigenvalue weighted by Gasteiger charge is 2.39. The van der Waals surface area contributed by atoms with Crippen LogP contribution in [0.15, 0.2) is 24.3 Å². The molecule has 0 heterocycles. The SMILES string of the molecule is CCO[Si](CCCCOc1cc(/C=C/C(=O)[O-])ccc1F)(OCC)OCC. The molecule has 6 nitrogen and oxygen atoms in total. The molecule has 152 valence electrons. The average molecular weight is 400 g/mol. The van der Waals surface area contributed by atoms with Crippen molar-refractivity contribution in [3.05, 3.63) is 35.7 Å². The van der Waals surface area contributed by atoms with Gasteiger partial charge in [0.2, 0.25) is 0 Å². The van der Waals surface area contributed by atoms with Gasteiger partial charge in [-0.2, -0.15) is 0 Å². The summed E-state index contributed by atoms with van der Waals surface area (Å²) in [5, 5.41) is 10.5. The fourth-order valence-electron chi connectivity index (χ4n) is 2.53. The van der Waals surface area contributed by atoms with Crippen molar-refractivity contribution in [1.29, 1.82) is 0 Å². The number of carboxylic acids is 1. The number of carboxylic acid groups (broad SMARTS) is 1. The average Bonchev–Trinajstić information content (AvgIpc) is 2.62. The molecule has 0 fully saturated rings. The molecule has 8 heteroatoms. The number of rotatable bonds is 14. The van der Waals surface area contributed by atoms with Gasteiger partial charge in [-0.3, -0.25) is 0 Å². The third-order valence-electron chi connectivity index (χ3n) is 3.59. The summed E-state index contributed by atoms with van der Waals surface area (Å²) in [6, 6.07) is 4.83. The van der Waals surface area contributed by atoms with Crippen LogP contribution in [0.3, 0.4) is 0 Å². The lowest BCUT2D eigenvalue weighted by Crippen LogP contribution is -2.45. The van der Waals surface area contributed by atoms with Gasteiger partial charge in [0, 0.05) is 25.9 Å². The second kappa shape index (κ2) is 12.6. The molecule has 0 aliphatic rings. The van der Waals surface area contributed by atoms with Crippen LogP contribution in [0, 0.1) is 5.82 Å². The normalized spacial score (nSPS) is 11.9. The Morgan fingerprint density at radius 1 is 1.11 bits per heavy atom. The van der Waals surface area contributed by atoms with Crippen molar-refractivity contribution in [2.45, 2.75) is 39.7 Å². The highest BCUT2D eigenvalue weighted by Crippen LogP contribution is 2.22. The maximum Gasteiger partial charge on any atom is 0.500 e. The molecule has 1 rings (SSSR count). The Hall–Kier alpha value is -1.74. The lowest BCUT2D eigenvalue weighted by atomic mass is 10.2. The molecule has 0 spiro atoms. The van der Waals surface area contributed by atoms with E-state index < -0.39 is 20.6 Å². The molecule has 0 amide bonds. The molecule has 0 atom stereocenters. The molecule has 0 aliphatic heterocycles. The van der Waals surface area contributed by atoms with Gasteiger partial charge >= 0.3 is 8.80 Å². The number of carbonyl (C=O) groups excluding carboxylic acids is 1. The van der Waals surface area contributed by atoms with Gasteiger partial charge in [0.25, 0.3) is 0 Å². The topological polar surface area (TPSA) is 77.1 Å². The van der Waals surface area contributed by atoms with Crippen molar-refractivity contribution in [3.63, 3.8) is 0 Å². The van der Waals surface area contributed by atoms with Crippen LogP contribution in [-0.2, 0) is 18.1 Å². The first-order valence-corrected chi connectivity index (χ1v) is 11.1. The second-order valence-electron chi connectivity index (χ2n) is 5.63. The largest absolute Gasteiger partial charge is 0.545 e. The first kappa shape index (κ1) is 23.3. The molecular weight excluding hydrogens is 371 g/mol. The van der Waals surface area contributed by atoms with Gasteiger partial charge in [-0.15, -0.1) is 0 Å². The molecule has 1 aromatic rings. The minimum Gasteiger partial charge on any atom is -0.545 e. The molecule has 0 radical (unpaired) electrons. The smallest absolute Gasteiger partial charge is 0.500 e. The number of hydrogen-bond acceptors (Lipinski definition) is 6. The Kier molecular flexibility index (Phi) is 10.9. The predicted octanol–water partition coefficient (Wildman–Crippen LogP) is 2.80. The summed E-state index contributed by atoms with van der Waals surface area (Å²) >= 11 is 0. The number of hydrogen-bond donors (Lipinski definition) is 0. The van der Waals surface area contributed by atoms with Gasteiger partial charge in [0.05, 0.1) is 12.6 Å². The number of benzene rings is 1. The predicted molar refractivity (Wildman–Crippen MR) is 101 cm³/mol. The summed E-state index contributed by atoms with van der Waals surface area (Å²) in [6.07, 6.45) is 3.66. The van der Waals surface area contributed by atoms with E-state index in [1.165, 1.54) is 24.3 Å². The van der Waals surface area contributed by atoms with Crippen LogP contribution in [0.5, 0.6) is 5.75 Å². The minimum absolute atomic E-state index is 0.0819. The van der Waals surface area contributed by atoms with Crippen molar-refractivity contribution in [2.75, 3.05) is 26.4 Å². The molecule has 0 bridgehead atoms. The van der Waals surface area contributed by atoms with Crippen LogP contribution >= 0.6 is 0 Å². The fraction of sp³-hybridized carbons (Fsp3) is 0.526. The molecule has 0 saturated heterocycles. The first-order valence-electron chi connectivity index (χ1n) is 9.19. The number of unbranched alkanes of at least 4 members (excludes halogenated alkanes) is 1. The summed E-state index contributed by atoms with van der Waals surface area (Å²) in [5.41, 5.74) is 0.520. The van der Waals surface area contributed by atoms with E-state index in [2.05, 4.69) is 0 Å². The molecule has 0 aromatic heterocycles. The molecule has 27 heavy (non-hydrogen) atoms. The van der Waals surface area contributed by atoms with Gasteiger partial charge in [0.1, 0.15) is 0 Å². The number of carbonyl (C=O) groups is 1. The summed E-state index contributed by atoms with van der Waals surface area (Å²) in [4.78, 5) is 10.5. The maximum atomic E-state index is 13.8. The van der Waals surface area contributed by atoms with E-state index in [1.807, 2.05) is 20.8 Å². The molecule has 0 N–H and O–H groups in total. The van der Waals surface area contributed by atoms with Crippen molar-refractivity contribution in [2.24, 2.45) is 0 Å². The third kappa shape index (κ3) is 8.66. The summed E-state index contributed by atoms with van der Waals surface area (Å²) in [7, 11) is -2.67. The van der Waals surface area contributed by atoms with E-state index in [1.54, 1.807) is 0 Å². The maximum absolute atomic E-state index is 13.8. The van der Waals surface area contributed by atoms with Crippen molar-refractivity contribution in [1.82, 2.24) is 0 Å². The zero-order valence-electron chi connectivity index (χ0n) is 16.2. The van der Waals surface area contributed by atoms with Crippen LogP contribution in [0.2, 0.25) is 6.04 Å². The standard InChI is InChI=1S/C19H29FO6Si/c1-4-24-27(25-5-2,26-6-3)14-8-7-13-23-18-15-16(9-11-17(18)20)10-12-19(21)22/h9-12,15H,4-8,13-14H2,1-3H3,(H,21,22)/p-1/b12-10+. The van der Waals surface area contributed by atoms with Crippen LogP contribution in [0.25, 0.3) is 6.08 Å². The lowest BCUT2D eigenvalue weighted by Gasteiger charge is -2.28. The van der Waals surface area contributed by atoms with Crippen molar-refractivity contribution in [3.8, 4) is 5.75 Å². The molecule has 0 saturated carbocycles. The second-order valence-corrected chi connectivity index (χ2v) is 8.36. The fourth-order valence-corrected chi connectivity index (χ4v) is 5.21. The van der Waals surface area contributed by atoms with Crippen molar-refractivity contribution >= 4 is 20.8 Å². The molecular formula is C19H28FO6Si-. The van der Waals surface area contributed by atoms with E-state index in [0.29, 0.717) is 44.5 Å². The molecule has 1 aromatic carbocycles. The highest BCUT2D eigenvalue weighted by atomic mass is 28.4. The zero-order chi connectivity index (χ0) is 20.1. The van der Waals surface area contributed by atoms with Gasteiger partial charge in [-0.1, -0.05) is 12.1 Å². The van der Waals surface area contributed by atoms with Crippen LogP contribution in [0.4, 0.5) is 4.39 Å². The summed E-state index contributed by atoms with van der Waals surface area (Å²) in [6.45, 7) is 7.63. The quantitative estimate of drug-likeness (QED) is 0.272. The lowest BCUT2D eigenvalue weighted by molar-refractivity contribution is -0.297. The Morgan fingerprint density at radius 2 is 1.74 bits per heavy atom. The number of halogens is 1. The summed E-state index contributed by atoms with van der Waals surface area (Å²) in [5.74, 6) is -1.73. The van der Waals surface area contributed by atoms with E-state index in [4.69, 9.17) is 18.0 Å². The van der Waals surface area contributed by atoms with Gasteiger partial charge < -0.3 is 27.9 Å². The van der Waals surface area contributed by atoms with E-state index >= 15 is 0 Å². The van der Waals surface area contributed by atoms with E-state index in [0.717, 1.165) is 12.5 Å². The van der Waals surface area contributed by atoms with Crippen molar-refractivity contribution < 1.29 is 32.3 Å². The van der Waals surface area contributed by atoms with Gasteiger partial charge in [-0.25, -0.2) is 4.39 Å². The Labute approximate surface area is 161 Å². The Balaban J connectivity index is 2.55. The summed E-state index contributed by atoms with van der Waals surface area (Å²) < 4.78 is 36.7. The third-order valence-corrected chi connectivity index (χ3v) is 6.75. The van der Waals surface area contributed by atoms with E-state index in [9.17, 15) is 14.3 Å². The van der Waals surface area contributed by atoms with Gasteiger partial charge in [0.15, 0.2) is 11.6 Å². The number of ether oxygens (including phenoxy) is 1. The highest BCUT2D eigenvalue weighted by molar-refractivity contribution is 6.60. The van der Waals surface area contributed by atoms with Crippen LogP contribution in [0.1, 0.15) is 39.2 Å². The molecule has 0 unspecified atom stereocenters. The van der Waals surface area contributed by atoms with Crippen LogP contribution in [-0.4, -0.2) is 41.2 Å². The molecule has 0 aliphatic carbocycles. The zero-order valence-corrected chi connectivity index (χ0v) is 17.2. The van der Waals surface area contributed by atoms with Crippen LogP contribution < -0.4 is 9.84 Å². The minimum atomic E-state index is -2.67.